The van der Waals surface area contributed by atoms with Crippen LogP contribution in [0.5, 0.6) is 0 Å². The number of nitrogens with zero attached hydrogens (tertiary/aromatic N) is 2. The van der Waals surface area contributed by atoms with Crippen LogP contribution in [-0.2, 0) is 27.8 Å². The predicted octanol–water partition coefficient (Wildman–Crippen LogP) is 16.2. The number of hydrogen-bond acceptors (Lipinski definition) is 0. The molecule has 0 N–H and O–H groups in total. The van der Waals surface area contributed by atoms with Crippen molar-refractivity contribution in [2.24, 2.45) is 0 Å². The fraction of sp³-hybridized carbons (Fsp3) is 0.321. The van der Waals surface area contributed by atoms with Crippen LogP contribution in [0.2, 0.25) is 0 Å². The highest BCUT2D eigenvalue weighted by Crippen LogP contribution is 2.48. The average molecular weight is 831 g/mol. The number of hydrogen-bond donors (Lipinski definition) is 0. The summed E-state index contributed by atoms with van der Waals surface area (Å²) in [5.41, 5.74) is 1.73. The molecule has 8 rings (SSSR count). The van der Waals surface area contributed by atoms with Gasteiger partial charge in [0.1, 0.15) is 23.0 Å². The Hall–Kier alpha value is -5.50. The maximum absolute atomic E-state index is 16.7. The van der Waals surface area contributed by atoms with Gasteiger partial charge in [-0.25, -0.2) is 13.2 Å². The van der Waals surface area contributed by atoms with Crippen molar-refractivity contribution in [1.82, 2.24) is 9.13 Å². The first kappa shape index (κ1) is 42.2. The summed E-state index contributed by atoms with van der Waals surface area (Å²) in [6, 6.07) is 27.0. The van der Waals surface area contributed by atoms with Gasteiger partial charge in [0.2, 0.25) is 0 Å². The summed E-state index contributed by atoms with van der Waals surface area (Å²) < 4.78 is 100. The minimum atomic E-state index is -5.00. The highest BCUT2D eigenvalue weighted by molar-refractivity contribution is 6.11. The van der Waals surface area contributed by atoms with Gasteiger partial charge in [-0.15, -0.1) is 0 Å². The van der Waals surface area contributed by atoms with Gasteiger partial charge in [0.25, 0.3) is 0 Å². The molecule has 0 atom stereocenters. The molecule has 0 fully saturated rings. The van der Waals surface area contributed by atoms with Gasteiger partial charge in [-0.3, -0.25) is 0 Å². The van der Waals surface area contributed by atoms with Crippen LogP contribution in [0, 0.1) is 17.5 Å². The molecule has 0 saturated carbocycles. The van der Waals surface area contributed by atoms with Crippen LogP contribution >= 0.6 is 0 Å². The van der Waals surface area contributed by atoms with Crippen LogP contribution < -0.4 is 0 Å². The van der Waals surface area contributed by atoms with Gasteiger partial charge < -0.3 is 9.13 Å². The van der Waals surface area contributed by atoms with Gasteiger partial charge in [-0.2, -0.15) is 13.2 Å². The predicted molar refractivity (Wildman–Crippen MR) is 240 cm³/mol. The molecule has 2 heterocycles. The molecule has 0 radical (unpaired) electrons. The number of benzene rings is 6. The zero-order valence-corrected chi connectivity index (χ0v) is 36.9. The van der Waals surface area contributed by atoms with E-state index >= 15 is 22.0 Å². The molecule has 0 spiro atoms. The minimum absolute atomic E-state index is 0.170. The van der Waals surface area contributed by atoms with E-state index in [4.69, 9.17) is 0 Å². The molecule has 316 valence electrons. The smallest absolute Gasteiger partial charge is 0.309 e. The van der Waals surface area contributed by atoms with Crippen molar-refractivity contribution in [2.45, 2.75) is 111 Å². The lowest BCUT2D eigenvalue weighted by atomic mass is 9.86. The molecular formula is C53H52F6N2. The second-order valence-electron chi connectivity index (χ2n) is 20.7. The van der Waals surface area contributed by atoms with Gasteiger partial charge >= 0.3 is 6.18 Å². The monoisotopic (exact) mass is 830 g/mol. The van der Waals surface area contributed by atoms with Crippen LogP contribution in [0.4, 0.5) is 26.3 Å². The summed E-state index contributed by atoms with van der Waals surface area (Å²) >= 11 is 0. The summed E-state index contributed by atoms with van der Waals surface area (Å²) in [5, 5.41) is 2.90. The average Bonchev–Trinajstić information content (AvgIpc) is 3.63. The number of fused-ring (bicyclic) bond motifs is 6. The van der Waals surface area contributed by atoms with E-state index in [2.05, 4.69) is 0 Å². The van der Waals surface area contributed by atoms with Crippen LogP contribution in [0.1, 0.15) is 111 Å². The van der Waals surface area contributed by atoms with Crippen LogP contribution in [0.25, 0.3) is 66.1 Å². The SMILES string of the molecule is CC(C)(C)c1ccc2c3ccc(C(C)(C)C)cc3n(-c3cc(-c4c(F)cc(F)cc4F)cc(-n4c5cc(C(C)(C)C)ccc5c5ccc(C(C)(C)C)cc54)c3C(F)(F)F)c2c1. The fourth-order valence-corrected chi connectivity index (χ4v) is 8.64. The Morgan fingerprint density at radius 1 is 0.377 bits per heavy atom. The molecular weight excluding hydrogens is 779 g/mol. The molecule has 0 aliphatic rings. The van der Waals surface area contributed by atoms with Crippen molar-refractivity contribution in [1.29, 1.82) is 0 Å². The van der Waals surface area contributed by atoms with E-state index in [-0.39, 0.29) is 38.6 Å². The molecule has 0 saturated heterocycles. The second kappa shape index (κ2) is 13.8. The summed E-state index contributed by atoms with van der Waals surface area (Å²) in [5.74, 6) is -3.59. The Morgan fingerprint density at radius 2 is 0.656 bits per heavy atom. The number of rotatable bonds is 3. The largest absolute Gasteiger partial charge is 0.420 e. The number of halogens is 6. The third-order valence-electron chi connectivity index (χ3n) is 12.2. The lowest BCUT2D eigenvalue weighted by Gasteiger charge is -2.25. The Morgan fingerprint density at radius 3 is 0.902 bits per heavy atom. The molecule has 2 nitrogen and oxygen atoms in total. The quantitative estimate of drug-likeness (QED) is 0.157. The molecule has 6 aromatic carbocycles. The molecule has 0 aliphatic carbocycles. The van der Waals surface area contributed by atoms with Crippen molar-refractivity contribution < 1.29 is 26.3 Å². The summed E-state index contributed by atoms with van der Waals surface area (Å²) in [7, 11) is 0. The maximum atomic E-state index is 16.7. The first-order chi connectivity index (χ1) is 28.1. The van der Waals surface area contributed by atoms with Crippen LogP contribution in [0.3, 0.4) is 0 Å². The molecule has 0 bridgehead atoms. The Labute approximate surface area is 353 Å². The molecule has 8 heteroatoms. The molecule has 61 heavy (non-hydrogen) atoms. The van der Waals surface area contributed by atoms with Gasteiger partial charge in [0.05, 0.1) is 39.0 Å². The number of aromatic nitrogens is 2. The van der Waals surface area contributed by atoms with Crippen molar-refractivity contribution in [2.75, 3.05) is 0 Å². The van der Waals surface area contributed by atoms with Gasteiger partial charge in [-0.05, 0) is 85.9 Å². The summed E-state index contributed by atoms with van der Waals surface area (Å²) in [6.07, 6.45) is -5.00. The lowest BCUT2D eigenvalue weighted by Crippen LogP contribution is -2.17. The van der Waals surface area contributed by atoms with Gasteiger partial charge in [-0.1, -0.05) is 132 Å². The topological polar surface area (TPSA) is 9.86 Å². The molecule has 8 aromatic rings. The third-order valence-corrected chi connectivity index (χ3v) is 12.2. The van der Waals surface area contributed by atoms with E-state index in [1.165, 1.54) is 12.1 Å². The molecule has 0 amide bonds. The Kier molecular flexibility index (Phi) is 9.51. The first-order valence-corrected chi connectivity index (χ1v) is 20.7. The van der Waals surface area contributed by atoms with Gasteiger partial charge in [0.15, 0.2) is 0 Å². The highest BCUT2D eigenvalue weighted by Gasteiger charge is 2.40. The molecule has 0 aliphatic heterocycles. The molecule has 2 aromatic heterocycles. The normalized spacial score (nSPS) is 13.4. The lowest BCUT2D eigenvalue weighted by molar-refractivity contribution is -0.137. The second-order valence-corrected chi connectivity index (χ2v) is 20.7. The third kappa shape index (κ3) is 7.19. The first-order valence-electron chi connectivity index (χ1n) is 20.7. The van der Waals surface area contributed by atoms with E-state index < -0.39 is 34.8 Å². The van der Waals surface area contributed by atoms with Gasteiger partial charge in [0, 0.05) is 33.7 Å². The molecule has 0 unspecified atom stereocenters. The maximum Gasteiger partial charge on any atom is 0.420 e. The van der Waals surface area contributed by atoms with Crippen molar-refractivity contribution >= 4 is 43.6 Å². The zero-order valence-electron chi connectivity index (χ0n) is 36.9. The summed E-state index contributed by atoms with van der Waals surface area (Å²) in [6.45, 7) is 24.5. The van der Waals surface area contributed by atoms with E-state index in [1.54, 1.807) is 9.13 Å². The van der Waals surface area contributed by atoms with E-state index in [0.717, 1.165) is 43.8 Å². The zero-order chi connectivity index (χ0) is 44.5. The van der Waals surface area contributed by atoms with E-state index in [0.29, 0.717) is 34.2 Å². The Bertz CT molecular complexity index is 2740. The highest BCUT2D eigenvalue weighted by atomic mass is 19.4. The van der Waals surface area contributed by atoms with Crippen molar-refractivity contribution in [3.63, 3.8) is 0 Å². The van der Waals surface area contributed by atoms with Crippen LogP contribution in [-0.4, -0.2) is 9.13 Å². The number of alkyl halides is 3. The van der Waals surface area contributed by atoms with E-state index in [9.17, 15) is 4.39 Å². The Balaban J connectivity index is 1.67. The summed E-state index contributed by atoms with van der Waals surface area (Å²) in [4.78, 5) is 0. The standard InChI is InChI=1S/C53H52F6N2/c1-49(2,3)30-13-17-35-36-18-14-31(50(4,5)6)24-42(36)60(41(35)23-30)45-21-29(47-39(55)27-34(54)28-40(47)56)22-46(48(45)53(57,58)59)61-43-25-32(51(7,8)9)15-19-37(43)38-20-16-33(26-44(38)61)52(10,11)12/h13-28H,1-12H3. The van der Waals surface area contributed by atoms with Crippen molar-refractivity contribution in [3.8, 4) is 22.5 Å². The van der Waals surface area contributed by atoms with Crippen molar-refractivity contribution in [3.05, 3.63) is 142 Å². The van der Waals surface area contributed by atoms with E-state index in [1.807, 2.05) is 156 Å². The van der Waals surface area contributed by atoms with Crippen LogP contribution in [0.15, 0.2) is 97.1 Å². The minimum Gasteiger partial charge on any atom is -0.309 e. The fourth-order valence-electron chi connectivity index (χ4n) is 8.64.